The molecule has 0 radical (unpaired) electrons. The van der Waals surface area contributed by atoms with Gasteiger partial charge in [0.05, 0.1) is 0 Å². The molecule has 0 heterocycles. The van der Waals surface area contributed by atoms with Gasteiger partial charge >= 0.3 is 0 Å². The van der Waals surface area contributed by atoms with E-state index in [1.807, 2.05) is 0 Å². The lowest BCUT2D eigenvalue weighted by Gasteiger charge is -2.10. The third kappa shape index (κ3) is 2.17. The maximum absolute atomic E-state index is 6.08. The van der Waals surface area contributed by atoms with Crippen molar-refractivity contribution in [2.45, 2.75) is 25.3 Å². The summed E-state index contributed by atoms with van der Waals surface area (Å²) in [5.74, 6) is 0. The second kappa shape index (κ2) is 3.75. The molecular weight excluding hydrogens is 296 g/mol. The third-order valence-corrected chi connectivity index (χ3v) is 3.73. The summed E-state index contributed by atoms with van der Waals surface area (Å²) in [5, 5.41) is 0. The zero-order valence-corrected chi connectivity index (χ0v) is 10.5. The first-order valence-electron chi connectivity index (χ1n) is 4.17. The van der Waals surface area contributed by atoms with Gasteiger partial charge in [-0.05, 0) is 59.5 Å². The van der Waals surface area contributed by atoms with Crippen LogP contribution in [0.25, 0.3) is 0 Å². The normalized spacial score (nSPS) is 17.8. The Morgan fingerprint density at radius 2 is 2.00 bits per heavy atom. The number of hydrogen-bond acceptors (Lipinski definition) is 1. The van der Waals surface area contributed by atoms with Crippen molar-refractivity contribution in [3.05, 3.63) is 32.9 Å². The number of rotatable bonds is 1. The quantitative estimate of drug-likeness (QED) is 0.793. The molecule has 1 aromatic carbocycles. The van der Waals surface area contributed by atoms with E-state index in [0.717, 1.165) is 12.8 Å². The highest BCUT2D eigenvalue weighted by Crippen LogP contribution is 2.42. The van der Waals surface area contributed by atoms with E-state index >= 15 is 0 Å². The topological polar surface area (TPSA) is 26.0 Å². The summed E-state index contributed by atoms with van der Waals surface area (Å²) < 4.78 is 1.32. The summed E-state index contributed by atoms with van der Waals surface area (Å²) in [6.45, 7) is 2.14. The predicted molar refractivity (Wildman–Crippen MR) is 66.2 cm³/mol. The first-order chi connectivity index (χ1) is 5.62. The minimum Gasteiger partial charge on any atom is -0.321 e. The van der Waals surface area contributed by atoms with Gasteiger partial charge in [-0.15, -0.1) is 12.4 Å². The van der Waals surface area contributed by atoms with Gasteiger partial charge in [0.1, 0.15) is 0 Å². The van der Waals surface area contributed by atoms with Crippen LogP contribution in [0.3, 0.4) is 0 Å². The Kier molecular flexibility index (Phi) is 3.25. The minimum absolute atomic E-state index is 0. The Morgan fingerprint density at radius 3 is 2.46 bits per heavy atom. The number of halogens is 2. The molecule has 1 aliphatic carbocycles. The first-order valence-corrected chi connectivity index (χ1v) is 5.25. The molecule has 0 unspecified atom stereocenters. The third-order valence-electron chi connectivity index (χ3n) is 2.52. The maximum atomic E-state index is 6.08. The highest BCUT2D eigenvalue weighted by Gasteiger charge is 2.39. The highest BCUT2D eigenvalue weighted by molar-refractivity contribution is 14.1. The molecule has 3 heteroatoms. The molecule has 1 fully saturated rings. The van der Waals surface area contributed by atoms with Crippen LogP contribution in [0.2, 0.25) is 0 Å². The van der Waals surface area contributed by atoms with Crippen LogP contribution in [0.15, 0.2) is 18.2 Å². The monoisotopic (exact) mass is 309 g/mol. The SMILES string of the molecule is Cc1cc(C2(N)CC2)ccc1I.Cl. The van der Waals surface area contributed by atoms with Crippen LogP contribution in [-0.2, 0) is 5.54 Å². The van der Waals surface area contributed by atoms with E-state index in [-0.39, 0.29) is 17.9 Å². The minimum atomic E-state index is 0. The molecule has 1 nitrogen and oxygen atoms in total. The fourth-order valence-corrected chi connectivity index (χ4v) is 1.71. The average Bonchev–Trinajstić information content (AvgIpc) is 2.75. The van der Waals surface area contributed by atoms with E-state index in [4.69, 9.17) is 5.73 Å². The summed E-state index contributed by atoms with van der Waals surface area (Å²) in [4.78, 5) is 0. The second-order valence-electron chi connectivity index (χ2n) is 3.62. The molecule has 2 rings (SSSR count). The Balaban J connectivity index is 0.000000845. The zero-order chi connectivity index (χ0) is 8.77. The maximum Gasteiger partial charge on any atom is 0.0411 e. The van der Waals surface area contributed by atoms with Crippen LogP contribution >= 0.6 is 35.0 Å². The summed E-state index contributed by atoms with van der Waals surface area (Å²) in [6, 6.07) is 6.52. The predicted octanol–water partition coefficient (Wildman–Crippen LogP) is 2.97. The van der Waals surface area contributed by atoms with Crippen LogP contribution in [0.4, 0.5) is 0 Å². The van der Waals surface area contributed by atoms with E-state index in [2.05, 4.69) is 47.7 Å². The van der Waals surface area contributed by atoms with E-state index < -0.39 is 0 Å². The van der Waals surface area contributed by atoms with Gasteiger partial charge in [0.15, 0.2) is 0 Å². The number of hydrogen-bond donors (Lipinski definition) is 1. The number of benzene rings is 1. The van der Waals surface area contributed by atoms with Gasteiger partial charge in [0, 0.05) is 9.11 Å². The molecule has 0 atom stereocenters. The van der Waals surface area contributed by atoms with E-state index in [0.29, 0.717) is 0 Å². The molecule has 0 aliphatic heterocycles. The van der Waals surface area contributed by atoms with Crippen LogP contribution in [0.1, 0.15) is 24.0 Å². The molecule has 13 heavy (non-hydrogen) atoms. The van der Waals surface area contributed by atoms with Crippen molar-refractivity contribution in [2.75, 3.05) is 0 Å². The van der Waals surface area contributed by atoms with E-state index in [9.17, 15) is 0 Å². The summed E-state index contributed by atoms with van der Waals surface area (Å²) in [7, 11) is 0. The van der Waals surface area contributed by atoms with Crippen LogP contribution in [-0.4, -0.2) is 0 Å². The molecular formula is C10H13ClIN. The molecule has 0 spiro atoms. The Bertz CT molecular complexity index is 321. The number of nitrogens with two attached hydrogens (primary N) is 1. The smallest absolute Gasteiger partial charge is 0.0411 e. The lowest BCUT2D eigenvalue weighted by atomic mass is 10.0. The lowest BCUT2D eigenvalue weighted by molar-refractivity contribution is 0.739. The molecule has 2 N–H and O–H groups in total. The fourth-order valence-electron chi connectivity index (χ4n) is 1.38. The Labute approximate surface area is 98.6 Å². The van der Waals surface area contributed by atoms with Crippen molar-refractivity contribution in [1.29, 1.82) is 0 Å². The molecule has 0 aromatic heterocycles. The van der Waals surface area contributed by atoms with Gasteiger partial charge in [-0.3, -0.25) is 0 Å². The molecule has 0 saturated heterocycles. The Hall–Kier alpha value is 0.200. The van der Waals surface area contributed by atoms with Gasteiger partial charge in [-0.25, -0.2) is 0 Å². The molecule has 0 bridgehead atoms. The zero-order valence-electron chi connectivity index (χ0n) is 7.51. The van der Waals surface area contributed by atoms with E-state index in [1.165, 1.54) is 14.7 Å². The van der Waals surface area contributed by atoms with Crippen LogP contribution in [0.5, 0.6) is 0 Å². The van der Waals surface area contributed by atoms with Gasteiger partial charge < -0.3 is 5.73 Å². The van der Waals surface area contributed by atoms with Crippen molar-refractivity contribution in [3.8, 4) is 0 Å². The molecule has 0 amide bonds. The van der Waals surface area contributed by atoms with Gasteiger partial charge in [-0.1, -0.05) is 12.1 Å². The van der Waals surface area contributed by atoms with Crippen molar-refractivity contribution >= 4 is 35.0 Å². The highest BCUT2D eigenvalue weighted by atomic mass is 127. The lowest BCUT2D eigenvalue weighted by Crippen LogP contribution is -2.18. The largest absolute Gasteiger partial charge is 0.321 e. The fraction of sp³-hybridized carbons (Fsp3) is 0.400. The molecule has 72 valence electrons. The Morgan fingerprint density at radius 1 is 1.38 bits per heavy atom. The van der Waals surface area contributed by atoms with Gasteiger partial charge in [0.25, 0.3) is 0 Å². The number of aryl methyl sites for hydroxylation is 1. The van der Waals surface area contributed by atoms with Crippen molar-refractivity contribution in [2.24, 2.45) is 5.73 Å². The van der Waals surface area contributed by atoms with Gasteiger partial charge in [0.2, 0.25) is 0 Å². The first kappa shape index (κ1) is 11.3. The second-order valence-corrected chi connectivity index (χ2v) is 4.78. The van der Waals surface area contributed by atoms with Crippen molar-refractivity contribution in [1.82, 2.24) is 0 Å². The summed E-state index contributed by atoms with van der Waals surface area (Å²) in [5.41, 5.74) is 8.75. The van der Waals surface area contributed by atoms with E-state index in [1.54, 1.807) is 0 Å². The molecule has 1 aromatic rings. The molecule has 1 saturated carbocycles. The standard InChI is InChI=1S/C10H12IN.ClH/c1-7-6-8(2-3-9(7)11)10(12)4-5-10;/h2-3,6H,4-5,12H2,1H3;1H. The van der Waals surface area contributed by atoms with Crippen molar-refractivity contribution in [3.63, 3.8) is 0 Å². The summed E-state index contributed by atoms with van der Waals surface area (Å²) in [6.07, 6.45) is 2.29. The van der Waals surface area contributed by atoms with Crippen LogP contribution in [0, 0.1) is 10.5 Å². The average molecular weight is 310 g/mol. The molecule has 1 aliphatic rings. The summed E-state index contributed by atoms with van der Waals surface area (Å²) >= 11 is 2.35. The van der Waals surface area contributed by atoms with Gasteiger partial charge in [-0.2, -0.15) is 0 Å². The van der Waals surface area contributed by atoms with Crippen molar-refractivity contribution < 1.29 is 0 Å². The van der Waals surface area contributed by atoms with Crippen LogP contribution < -0.4 is 5.73 Å².